The molecule has 0 aliphatic heterocycles. The molecule has 2 rings (SSSR count). The van der Waals surface area contributed by atoms with Crippen LogP contribution in [0.3, 0.4) is 0 Å². The van der Waals surface area contributed by atoms with Crippen molar-refractivity contribution in [3.63, 3.8) is 0 Å². The minimum absolute atomic E-state index is 0.188. The van der Waals surface area contributed by atoms with Gasteiger partial charge in [-0.15, -0.1) is 0 Å². The van der Waals surface area contributed by atoms with E-state index in [0.717, 1.165) is 17.3 Å². The van der Waals surface area contributed by atoms with Crippen molar-refractivity contribution in [1.29, 1.82) is 0 Å². The maximum Gasteiger partial charge on any atom is 0.125 e. The lowest BCUT2D eigenvalue weighted by Gasteiger charge is -1.92. The summed E-state index contributed by atoms with van der Waals surface area (Å²) >= 11 is 0. The van der Waals surface area contributed by atoms with E-state index >= 15 is 0 Å². The molecule has 1 nitrogen and oxygen atoms in total. The predicted octanol–water partition coefficient (Wildman–Crippen LogP) is 2.87. The fourth-order valence-electron chi connectivity index (χ4n) is 1.45. The van der Waals surface area contributed by atoms with Crippen molar-refractivity contribution in [2.45, 2.75) is 13.3 Å². The molecule has 0 atom stereocenters. The predicted molar refractivity (Wildman–Crippen MR) is 47.6 cm³/mol. The molecule has 1 N–H and O–H groups in total. The monoisotopic (exact) mass is 163 g/mol. The summed E-state index contributed by atoms with van der Waals surface area (Å²) in [7, 11) is 0. The summed E-state index contributed by atoms with van der Waals surface area (Å²) in [5.74, 6) is -0.188. The number of rotatable bonds is 1. The molecule has 1 aromatic heterocycles. The summed E-state index contributed by atoms with van der Waals surface area (Å²) in [4.78, 5) is 3.04. The Morgan fingerprint density at radius 1 is 1.42 bits per heavy atom. The number of aromatic nitrogens is 1. The number of aryl methyl sites for hydroxylation is 1. The molecule has 1 heterocycles. The Hall–Kier alpha value is -1.31. The number of aromatic amines is 1. The van der Waals surface area contributed by atoms with Gasteiger partial charge in [0.05, 0.1) is 0 Å². The molecule has 2 aromatic rings. The Bertz CT molecular complexity index is 403. The summed E-state index contributed by atoms with van der Waals surface area (Å²) in [6.45, 7) is 2.09. The third-order valence-electron chi connectivity index (χ3n) is 2.11. The number of benzene rings is 1. The van der Waals surface area contributed by atoms with Crippen molar-refractivity contribution < 1.29 is 4.39 Å². The van der Waals surface area contributed by atoms with Crippen LogP contribution in [0.4, 0.5) is 4.39 Å². The molecule has 0 saturated carbocycles. The van der Waals surface area contributed by atoms with E-state index in [-0.39, 0.29) is 5.82 Å². The molecule has 0 fully saturated rings. The average molecular weight is 163 g/mol. The van der Waals surface area contributed by atoms with Gasteiger partial charge in [-0.05, 0) is 30.2 Å². The van der Waals surface area contributed by atoms with E-state index < -0.39 is 0 Å². The van der Waals surface area contributed by atoms with Crippen LogP contribution in [0.25, 0.3) is 10.9 Å². The van der Waals surface area contributed by atoms with E-state index in [0.29, 0.717) is 0 Å². The number of H-pyrrole nitrogens is 1. The maximum atomic E-state index is 12.7. The third kappa shape index (κ3) is 0.998. The Morgan fingerprint density at radius 3 is 3.00 bits per heavy atom. The van der Waals surface area contributed by atoms with Gasteiger partial charge < -0.3 is 4.98 Å². The summed E-state index contributed by atoms with van der Waals surface area (Å²) in [5, 5.41) is 1.12. The zero-order valence-electron chi connectivity index (χ0n) is 6.89. The van der Waals surface area contributed by atoms with Gasteiger partial charge in [-0.25, -0.2) is 4.39 Å². The number of fused-ring (bicyclic) bond motifs is 1. The van der Waals surface area contributed by atoms with Gasteiger partial charge in [0.2, 0.25) is 0 Å². The fraction of sp³-hybridized carbons (Fsp3) is 0.200. The first-order chi connectivity index (χ1) is 5.81. The van der Waals surface area contributed by atoms with Crippen molar-refractivity contribution in [3.05, 3.63) is 35.8 Å². The number of hydrogen-bond donors (Lipinski definition) is 1. The van der Waals surface area contributed by atoms with E-state index in [1.165, 1.54) is 17.7 Å². The molecule has 0 bridgehead atoms. The van der Waals surface area contributed by atoms with Gasteiger partial charge in [-0.3, -0.25) is 0 Å². The van der Waals surface area contributed by atoms with Crippen LogP contribution >= 0.6 is 0 Å². The van der Waals surface area contributed by atoms with Crippen LogP contribution in [-0.4, -0.2) is 4.98 Å². The van der Waals surface area contributed by atoms with Gasteiger partial charge in [0.15, 0.2) is 0 Å². The van der Waals surface area contributed by atoms with Gasteiger partial charge >= 0.3 is 0 Å². The molecule has 0 amide bonds. The molecular weight excluding hydrogens is 153 g/mol. The average Bonchev–Trinajstić information content (AvgIpc) is 2.46. The van der Waals surface area contributed by atoms with Crippen LogP contribution in [0.5, 0.6) is 0 Å². The second-order valence-corrected chi connectivity index (χ2v) is 2.86. The van der Waals surface area contributed by atoms with Gasteiger partial charge in [-0.2, -0.15) is 0 Å². The smallest absolute Gasteiger partial charge is 0.125 e. The first-order valence-electron chi connectivity index (χ1n) is 4.07. The molecule has 0 aliphatic carbocycles. The quantitative estimate of drug-likeness (QED) is 0.665. The van der Waals surface area contributed by atoms with Crippen molar-refractivity contribution in [2.24, 2.45) is 0 Å². The molecule has 0 spiro atoms. The first kappa shape index (κ1) is 7.35. The van der Waals surface area contributed by atoms with E-state index in [2.05, 4.69) is 11.9 Å². The minimum Gasteiger partial charge on any atom is -0.361 e. The van der Waals surface area contributed by atoms with Crippen molar-refractivity contribution in [1.82, 2.24) is 4.98 Å². The van der Waals surface area contributed by atoms with Crippen LogP contribution in [0.2, 0.25) is 0 Å². The Morgan fingerprint density at radius 2 is 2.25 bits per heavy atom. The molecule has 0 radical (unpaired) electrons. The molecule has 62 valence electrons. The summed E-state index contributed by atoms with van der Waals surface area (Å²) < 4.78 is 12.7. The molecule has 2 heteroatoms. The van der Waals surface area contributed by atoms with Crippen molar-refractivity contribution >= 4 is 10.9 Å². The largest absolute Gasteiger partial charge is 0.361 e. The highest BCUT2D eigenvalue weighted by Gasteiger charge is 2.01. The molecule has 1 aromatic carbocycles. The molecule has 0 saturated heterocycles. The molecule has 0 aliphatic rings. The molecular formula is C10H10FN. The highest BCUT2D eigenvalue weighted by molar-refractivity contribution is 5.83. The van der Waals surface area contributed by atoms with E-state index in [1.54, 1.807) is 0 Å². The number of halogens is 1. The Labute approximate surface area is 70.2 Å². The molecule has 0 unspecified atom stereocenters. The zero-order chi connectivity index (χ0) is 8.55. The normalized spacial score (nSPS) is 10.8. The lowest BCUT2D eigenvalue weighted by Crippen LogP contribution is -1.76. The first-order valence-corrected chi connectivity index (χ1v) is 4.07. The second-order valence-electron chi connectivity index (χ2n) is 2.86. The van der Waals surface area contributed by atoms with Gasteiger partial charge in [-0.1, -0.05) is 6.92 Å². The van der Waals surface area contributed by atoms with Crippen LogP contribution in [0, 0.1) is 5.82 Å². The summed E-state index contributed by atoms with van der Waals surface area (Å²) in [6, 6.07) is 4.84. The van der Waals surface area contributed by atoms with E-state index in [1.807, 2.05) is 12.3 Å². The highest BCUT2D eigenvalue weighted by atomic mass is 19.1. The van der Waals surface area contributed by atoms with Gasteiger partial charge in [0, 0.05) is 17.1 Å². The van der Waals surface area contributed by atoms with E-state index in [4.69, 9.17) is 0 Å². The SMILES string of the molecule is CCc1c[nH]c2cc(F)ccc12. The van der Waals surface area contributed by atoms with E-state index in [9.17, 15) is 4.39 Å². The Balaban J connectivity index is 2.73. The lowest BCUT2D eigenvalue weighted by molar-refractivity contribution is 0.629. The number of nitrogens with one attached hydrogen (secondary N) is 1. The Kier molecular flexibility index (Phi) is 1.61. The van der Waals surface area contributed by atoms with Gasteiger partial charge in [0.25, 0.3) is 0 Å². The lowest BCUT2D eigenvalue weighted by atomic mass is 10.1. The van der Waals surface area contributed by atoms with Crippen LogP contribution in [-0.2, 0) is 6.42 Å². The number of hydrogen-bond acceptors (Lipinski definition) is 0. The van der Waals surface area contributed by atoms with Crippen LogP contribution < -0.4 is 0 Å². The summed E-state index contributed by atoms with van der Waals surface area (Å²) in [6.07, 6.45) is 2.91. The maximum absolute atomic E-state index is 12.7. The van der Waals surface area contributed by atoms with Crippen LogP contribution in [0.1, 0.15) is 12.5 Å². The third-order valence-corrected chi connectivity index (χ3v) is 2.11. The minimum atomic E-state index is -0.188. The van der Waals surface area contributed by atoms with Crippen LogP contribution in [0.15, 0.2) is 24.4 Å². The fourth-order valence-corrected chi connectivity index (χ4v) is 1.45. The standard InChI is InChI=1S/C10H10FN/c1-2-7-6-12-10-5-8(11)3-4-9(7)10/h3-6,12H,2H2,1H3. The second kappa shape index (κ2) is 2.63. The zero-order valence-corrected chi connectivity index (χ0v) is 6.89. The van der Waals surface area contributed by atoms with Crippen molar-refractivity contribution in [2.75, 3.05) is 0 Å². The highest BCUT2D eigenvalue weighted by Crippen LogP contribution is 2.19. The van der Waals surface area contributed by atoms with Crippen molar-refractivity contribution in [3.8, 4) is 0 Å². The molecule has 12 heavy (non-hydrogen) atoms. The summed E-state index contributed by atoms with van der Waals surface area (Å²) in [5.41, 5.74) is 2.12. The van der Waals surface area contributed by atoms with Gasteiger partial charge in [0.1, 0.15) is 5.82 Å². The topological polar surface area (TPSA) is 15.8 Å².